The molecule has 0 saturated carbocycles. The normalized spacial score (nSPS) is 10.4. The summed E-state index contributed by atoms with van der Waals surface area (Å²) in [7, 11) is 0. The minimum atomic E-state index is -0.905. The summed E-state index contributed by atoms with van der Waals surface area (Å²) in [5.41, 5.74) is 0.565. The van der Waals surface area contributed by atoms with Crippen LogP contribution in [0.5, 0.6) is 0 Å². The molecule has 3 nitrogen and oxygen atoms in total. The van der Waals surface area contributed by atoms with Gasteiger partial charge in [-0.2, -0.15) is 0 Å². The fraction of sp³-hybridized carbons (Fsp3) is 0.462. The maximum absolute atomic E-state index is 12.9. The van der Waals surface area contributed by atoms with E-state index in [1.807, 2.05) is 6.92 Å². The Kier molecular flexibility index (Phi) is 6.28. The number of ether oxygens (including phenoxy) is 2. The molecule has 100 valence electrons. The van der Waals surface area contributed by atoms with Crippen molar-refractivity contribution in [2.24, 2.45) is 0 Å². The lowest BCUT2D eigenvalue weighted by atomic mass is 10.1. The van der Waals surface area contributed by atoms with E-state index in [4.69, 9.17) is 9.47 Å². The van der Waals surface area contributed by atoms with Gasteiger partial charge in [0.1, 0.15) is 6.61 Å². The van der Waals surface area contributed by atoms with E-state index in [9.17, 15) is 13.6 Å². The molecule has 0 aromatic heterocycles. The molecule has 0 fully saturated rings. The van der Waals surface area contributed by atoms with Crippen LogP contribution in [0.3, 0.4) is 0 Å². The molecule has 1 aromatic carbocycles. The van der Waals surface area contributed by atoms with E-state index in [1.54, 1.807) is 0 Å². The second kappa shape index (κ2) is 7.76. The predicted molar refractivity (Wildman–Crippen MR) is 62.1 cm³/mol. The molecule has 0 saturated heterocycles. The molecule has 1 rings (SSSR count). The number of esters is 1. The van der Waals surface area contributed by atoms with Crippen LogP contribution in [-0.2, 0) is 20.7 Å². The van der Waals surface area contributed by atoms with Crippen LogP contribution in [0.1, 0.15) is 18.9 Å². The minimum absolute atomic E-state index is 0.136. The highest BCUT2D eigenvalue weighted by atomic mass is 19.2. The first kappa shape index (κ1) is 14.6. The van der Waals surface area contributed by atoms with E-state index in [0.717, 1.165) is 12.1 Å². The van der Waals surface area contributed by atoms with E-state index in [1.165, 1.54) is 6.07 Å². The van der Waals surface area contributed by atoms with Crippen molar-refractivity contribution in [3.63, 3.8) is 0 Å². The van der Waals surface area contributed by atoms with Gasteiger partial charge in [-0.25, -0.2) is 8.78 Å². The molecule has 0 bridgehead atoms. The Labute approximate surface area is 105 Å². The SMILES string of the molecule is CCOCCOC(=O)CCc1ccc(F)c(F)c1. The summed E-state index contributed by atoms with van der Waals surface area (Å²) in [6.45, 7) is 3.01. The van der Waals surface area contributed by atoms with Gasteiger partial charge in [0, 0.05) is 13.0 Å². The van der Waals surface area contributed by atoms with Crippen molar-refractivity contribution >= 4 is 5.97 Å². The van der Waals surface area contributed by atoms with E-state index in [0.29, 0.717) is 25.2 Å². The van der Waals surface area contributed by atoms with E-state index in [-0.39, 0.29) is 19.0 Å². The summed E-state index contributed by atoms with van der Waals surface area (Å²) in [5.74, 6) is -2.17. The monoisotopic (exact) mass is 258 g/mol. The van der Waals surface area contributed by atoms with Gasteiger partial charge in [-0.1, -0.05) is 6.07 Å². The Morgan fingerprint density at radius 2 is 2.00 bits per heavy atom. The number of carbonyl (C=O) groups excluding carboxylic acids is 1. The summed E-state index contributed by atoms with van der Waals surface area (Å²) in [5, 5.41) is 0. The number of carbonyl (C=O) groups is 1. The van der Waals surface area contributed by atoms with Gasteiger partial charge in [-0.05, 0) is 31.0 Å². The van der Waals surface area contributed by atoms with Gasteiger partial charge < -0.3 is 9.47 Å². The Morgan fingerprint density at radius 3 is 2.67 bits per heavy atom. The molecule has 1 aromatic rings. The fourth-order valence-corrected chi connectivity index (χ4v) is 1.37. The molecule has 0 radical (unpaired) electrons. The Hall–Kier alpha value is -1.49. The van der Waals surface area contributed by atoms with Crippen LogP contribution in [0.25, 0.3) is 0 Å². The van der Waals surface area contributed by atoms with Crippen molar-refractivity contribution in [3.8, 4) is 0 Å². The zero-order valence-electron chi connectivity index (χ0n) is 10.2. The molecular formula is C13H16F2O3. The maximum atomic E-state index is 12.9. The lowest BCUT2D eigenvalue weighted by molar-refractivity contribution is -0.145. The maximum Gasteiger partial charge on any atom is 0.306 e. The molecule has 5 heteroatoms. The Morgan fingerprint density at radius 1 is 1.22 bits per heavy atom. The summed E-state index contributed by atoms with van der Waals surface area (Å²) in [6, 6.07) is 3.58. The van der Waals surface area contributed by atoms with Crippen LogP contribution >= 0.6 is 0 Å². The third-order valence-corrected chi connectivity index (χ3v) is 2.30. The molecule has 0 aliphatic heterocycles. The molecular weight excluding hydrogens is 242 g/mol. The lowest BCUT2D eigenvalue weighted by Crippen LogP contribution is -2.11. The molecule has 0 spiro atoms. The lowest BCUT2D eigenvalue weighted by Gasteiger charge is -2.05. The van der Waals surface area contributed by atoms with Crippen molar-refractivity contribution in [1.29, 1.82) is 0 Å². The molecule has 18 heavy (non-hydrogen) atoms. The first-order chi connectivity index (χ1) is 8.63. The van der Waals surface area contributed by atoms with Gasteiger partial charge in [0.25, 0.3) is 0 Å². The standard InChI is InChI=1S/C13H16F2O3/c1-2-17-7-8-18-13(16)6-4-10-3-5-11(14)12(15)9-10/h3,5,9H,2,4,6-8H2,1H3. The van der Waals surface area contributed by atoms with Crippen LogP contribution in [0.2, 0.25) is 0 Å². The molecule has 0 aliphatic carbocycles. The van der Waals surface area contributed by atoms with Crippen molar-refractivity contribution in [2.45, 2.75) is 19.8 Å². The summed E-state index contributed by atoms with van der Waals surface area (Å²) in [6.07, 6.45) is 0.460. The Balaban J connectivity index is 2.27. The molecule has 0 heterocycles. The average molecular weight is 258 g/mol. The summed E-state index contributed by atoms with van der Waals surface area (Å²) < 4.78 is 35.4. The van der Waals surface area contributed by atoms with Crippen LogP contribution in [0.4, 0.5) is 8.78 Å². The Bertz CT molecular complexity index is 394. The molecule has 0 N–H and O–H groups in total. The second-order valence-corrected chi connectivity index (χ2v) is 3.67. The third kappa shape index (κ3) is 5.23. The van der Waals surface area contributed by atoms with Gasteiger partial charge in [0.2, 0.25) is 0 Å². The van der Waals surface area contributed by atoms with Crippen LogP contribution < -0.4 is 0 Å². The van der Waals surface area contributed by atoms with Gasteiger partial charge in [0.15, 0.2) is 11.6 Å². The second-order valence-electron chi connectivity index (χ2n) is 3.67. The number of rotatable bonds is 7. The fourth-order valence-electron chi connectivity index (χ4n) is 1.37. The molecule has 0 unspecified atom stereocenters. The van der Waals surface area contributed by atoms with Crippen molar-refractivity contribution < 1.29 is 23.0 Å². The minimum Gasteiger partial charge on any atom is -0.463 e. The predicted octanol–water partition coefficient (Wildman–Crippen LogP) is 2.48. The number of hydrogen-bond donors (Lipinski definition) is 0. The van der Waals surface area contributed by atoms with E-state index >= 15 is 0 Å². The zero-order valence-corrected chi connectivity index (χ0v) is 10.2. The van der Waals surface area contributed by atoms with Crippen LogP contribution in [0.15, 0.2) is 18.2 Å². The topological polar surface area (TPSA) is 35.5 Å². The number of aryl methyl sites for hydroxylation is 1. The largest absolute Gasteiger partial charge is 0.463 e. The van der Waals surface area contributed by atoms with E-state index < -0.39 is 11.6 Å². The van der Waals surface area contributed by atoms with Crippen molar-refractivity contribution in [2.75, 3.05) is 19.8 Å². The van der Waals surface area contributed by atoms with E-state index in [2.05, 4.69) is 0 Å². The van der Waals surface area contributed by atoms with Crippen molar-refractivity contribution in [3.05, 3.63) is 35.4 Å². The highest BCUT2D eigenvalue weighted by Crippen LogP contribution is 2.10. The molecule has 0 amide bonds. The van der Waals surface area contributed by atoms with Gasteiger partial charge in [-0.3, -0.25) is 4.79 Å². The summed E-state index contributed by atoms with van der Waals surface area (Å²) in [4.78, 5) is 11.3. The first-order valence-electron chi connectivity index (χ1n) is 5.80. The van der Waals surface area contributed by atoms with Crippen LogP contribution in [0, 0.1) is 11.6 Å². The smallest absolute Gasteiger partial charge is 0.306 e. The average Bonchev–Trinajstić information content (AvgIpc) is 2.36. The quantitative estimate of drug-likeness (QED) is 0.556. The van der Waals surface area contributed by atoms with Gasteiger partial charge >= 0.3 is 5.97 Å². The van der Waals surface area contributed by atoms with Gasteiger partial charge in [0.05, 0.1) is 6.61 Å². The summed E-state index contributed by atoms with van der Waals surface area (Å²) >= 11 is 0. The van der Waals surface area contributed by atoms with Crippen molar-refractivity contribution in [1.82, 2.24) is 0 Å². The zero-order chi connectivity index (χ0) is 13.4. The van der Waals surface area contributed by atoms with Gasteiger partial charge in [-0.15, -0.1) is 0 Å². The first-order valence-corrected chi connectivity index (χ1v) is 5.80. The highest BCUT2D eigenvalue weighted by Gasteiger charge is 2.06. The highest BCUT2D eigenvalue weighted by molar-refractivity contribution is 5.69. The molecule has 0 atom stereocenters. The number of benzene rings is 1. The number of halogens is 2. The molecule has 0 aliphatic rings. The van der Waals surface area contributed by atoms with Crippen LogP contribution in [-0.4, -0.2) is 25.8 Å². The third-order valence-electron chi connectivity index (χ3n) is 2.30. The number of hydrogen-bond acceptors (Lipinski definition) is 3.